The Hall–Kier alpha value is -2.86. The first-order valence-electron chi connectivity index (χ1n) is 8.13. The molecule has 1 heterocycles. The van der Waals surface area contributed by atoms with Gasteiger partial charge in [-0.1, -0.05) is 6.07 Å². The Kier molecular flexibility index (Phi) is 5.00. The van der Waals surface area contributed by atoms with Crippen molar-refractivity contribution in [2.24, 2.45) is 0 Å². The van der Waals surface area contributed by atoms with Crippen LogP contribution in [0.25, 0.3) is 10.9 Å². The number of rotatable bonds is 6. The lowest BCUT2D eigenvalue weighted by Crippen LogP contribution is -2.19. The maximum Gasteiger partial charge on any atom is 0.227 e. The van der Waals surface area contributed by atoms with Crippen LogP contribution in [0, 0.1) is 6.92 Å². The second-order valence-electron chi connectivity index (χ2n) is 6.16. The molecule has 0 aliphatic carbocycles. The van der Waals surface area contributed by atoms with E-state index in [0.717, 1.165) is 34.4 Å². The molecule has 0 saturated heterocycles. The molecule has 0 saturated carbocycles. The number of aryl methyl sites for hydroxylation is 1. The molecule has 6 heteroatoms. The molecular formula is C19H22N4O2. The smallest absolute Gasteiger partial charge is 0.227 e. The maximum atomic E-state index is 9.61. The lowest BCUT2D eigenvalue weighted by molar-refractivity contribution is 0.263. The van der Waals surface area contributed by atoms with Gasteiger partial charge in [0, 0.05) is 18.4 Å². The number of hydrogen-bond acceptors (Lipinski definition) is 6. The van der Waals surface area contributed by atoms with Gasteiger partial charge >= 0.3 is 0 Å². The van der Waals surface area contributed by atoms with Gasteiger partial charge in [0.15, 0.2) is 0 Å². The number of anilines is 2. The minimum absolute atomic E-state index is 0.268. The van der Waals surface area contributed by atoms with E-state index >= 15 is 0 Å². The summed E-state index contributed by atoms with van der Waals surface area (Å²) in [5, 5.41) is 13.7. The van der Waals surface area contributed by atoms with Crippen LogP contribution in [-0.2, 0) is 0 Å². The van der Waals surface area contributed by atoms with Gasteiger partial charge in [-0.05, 0) is 56.9 Å². The molecule has 0 fully saturated rings. The molecular weight excluding hydrogens is 316 g/mol. The highest BCUT2D eigenvalue weighted by atomic mass is 16.5. The van der Waals surface area contributed by atoms with Crippen LogP contribution in [0.5, 0.6) is 11.5 Å². The molecule has 3 aromatic rings. The number of likely N-dealkylation sites (N-methyl/N-ethyl adjacent to an activating group) is 1. The summed E-state index contributed by atoms with van der Waals surface area (Å²) in [4.78, 5) is 11.0. The fourth-order valence-corrected chi connectivity index (χ4v) is 2.41. The zero-order valence-corrected chi connectivity index (χ0v) is 14.7. The molecule has 2 N–H and O–H groups in total. The van der Waals surface area contributed by atoms with Gasteiger partial charge in [-0.2, -0.15) is 0 Å². The summed E-state index contributed by atoms with van der Waals surface area (Å²) in [6, 6.07) is 11.1. The van der Waals surface area contributed by atoms with E-state index in [1.807, 2.05) is 45.3 Å². The second kappa shape index (κ2) is 7.36. The number of hydrogen-bond donors (Lipinski definition) is 2. The second-order valence-corrected chi connectivity index (χ2v) is 6.16. The summed E-state index contributed by atoms with van der Waals surface area (Å²) in [6.45, 7) is 3.30. The molecule has 0 radical (unpaired) electrons. The topological polar surface area (TPSA) is 70.5 Å². The highest BCUT2D eigenvalue weighted by Gasteiger charge is 2.07. The fraction of sp³-hybridized carbons (Fsp3) is 0.263. The van der Waals surface area contributed by atoms with Crippen molar-refractivity contribution in [2.75, 3.05) is 32.6 Å². The van der Waals surface area contributed by atoms with Crippen molar-refractivity contribution in [2.45, 2.75) is 6.92 Å². The van der Waals surface area contributed by atoms with Crippen LogP contribution in [0.15, 0.2) is 42.6 Å². The first-order chi connectivity index (χ1) is 12.0. The van der Waals surface area contributed by atoms with Gasteiger partial charge in [-0.3, -0.25) is 0 Å². The van der Waals surface area contributed by atoms with E-state index in [9.17, 15) is 5.11 Å². The first kappa shape index (κ1) is 17.0. The molecule has 2 aromatic carbocycles. The lowest BCUT2D eigenvalue weighted by atomic mass is 10.2. The molecule has 1 aromatic heterocycles. The van der Waals surface area contributed by atoms with Crippen LogP contribution in [0.1, 0.15) is 5.56 Å². The number of aromatic nitrogens is 2. The maximum absolute atomic E-state index is 9.61. The van der Waals surface area contributed by atoms with Crippen LogP contribution in [-0.4, -0.2) is 47.2 Å². The van der Waals surface area contributed by atoms with Crippen LogP contribution < -0.4 is 10.1 Å². The molecule has 0 bridgehead atoms. The van der Waals surface area contributed by atoms with E-state index in [1.165, 1.54) is 0 Å². The summed E-state index contributed by atoms with van der Waals surface area (Å²) in [7, 11) is 4.02. The van der Waals surface area contributed by atoms with Crippen molar-refractivity contribution in [1.82, 2.24) is 14.9 Å². The van der Waals surface area contributed by atoms with E-state index in [2.05, 4.69) is 20.2 Å². The molecule has 0 spiro atoms. The van der Waals surface area contributed by atoms with Gasteiger partial charge in [0.05, 0.1) is 10.9 Å². The summed E-state index contributed by atoms with van der Waals surface area (Å²) in [5.74, 6) is 1.55. The van der Waals surface area contributed by atoms with Gasteiger partial charge in [-0.15, -0.1) is 0 Å². The highest BCUT2D eigenvalue weighted by Crippen LogP contribution is 2.26. The molecule has 0 amide bonds. The summed E-state index contributed by atoms with van der Waals surface area (Å²) >= 11 is 0. The Balaban J connectivity index is 1.81. The van der Waals surface area contributed by atoms with Crippen molar-refractivity contribution in [3.63, 3.8) is 0 Å². The quantitative estimate of drug-likeness (QED) is 0.672. The molecule has 25 heavy (non-hydrogen) atoms. The van der Waals surface area contributed by atoms with Gasteiger partial charge < -0.3 is 20.1 Å². The van der Waals surface area contributed by atoms with Gasteiger partial charge in [0.1, 0.15) is 18.1 Å². The van der Waals surface area contributed by atoms with E-state index in [4.69, 9.17) is 4.74 Å². The van der Waals surface area contributed by atoms with E-state index in [0.29, 0.717) is 12.6 Å². The Morgan fingerprint density at radius 1 is 1.20 bits per heavy atom. The zero-order valence-electron chi connectivity index (χ0n) is 14.7. The number of benzene rings is 2. The molecule has 0 atom stereocenters. The average molecular weight is 338 g/mol. The monoisotopic (exact) mass is 338 g/mol. The number of phenolic OH excluding ortho intramolecular Hbond substituents is 1. The number of nitrogens with zero attached hydrogens (tertiary/aromatic N) is 3. The number of aromatic hydroxyl groups is 1. The Morgan fingerprint density at radius 3 is 2.80 bits per heavy atom. The molecule has 0 aliphatic heterocycles. The SMILES string of the molecule is Cc1cc(Nc2ncc3c(OCCN(C)C)cccc3n2)ccc1O. The Bertz CT molecular complexity index is 880. The third kappa shape index (κ3) is 4.16. The first-order valence-corrected chi connectivity index (χ1v) is 8.13. The minimum atomic E-state index is 0.268. The predicted molar refractivity (Wildman–Crippen MR) is 99.7 cm³/mol. The third-order valence-corrected chi connectivity index (χ3v) is 3.83. The number of ether oxygens (including phenoxy) is 1. The van der Waals surface area contributed by atoms with Crippen molar-refractivity contribution in [3.8, 4) is 11.5 Å². The van der Waals surface area contributed by atoms with Crippen molar-refractivity contribution >= 4 is 22.5 Å². The Morgan fingerprint density at radius 2 is 2.04 bits per heavy atom. The summed E-state index contributed by atoms with van der Waals surface area (Å²) in [5.41, 5.74) is 2.44. The fourth-order valence-electron chi connectivity index (χ4n) is 2.41. The van der Waals surface area contributed by atoms with Crippen molar-refractivity contribution in [1.29, 1.82) is 0 Å². The highest BCUT2D eigenvalue weighted by molar-refractivity contribution is 5.85. The van der Waals surface area contributed by atoms with Gasteiger partial charge in [0.2, 0.25) is 5.95 Å². The minimum Gasteiger partial charge on any atom is -0.508 e. The normalized spacial score (nSPS) is 11.0. The van der Waals surface area contributed by atoms with E-state index in [1.54, 1.807) is 18.3 Å². The zero-order chi connectivity index (χ0) is 17.8. The molecule has 6 nitrogen and oxygen atoms in total. The van der Waals surface area contributed by atoms with Crippen molar-refractivity contribution < 1.29 is 9.84 Å². The third-order valence-electron chi connectivity index (χ3n) is 3.83. The molecule has 3 rings (SSSR count). The summed E-state index contributed by atoms with van der Waals surface area (Å²) in [6.07, 6.45) is 1.77. The average Bonchev–Trinajstić information content (AvgIpc) is 2.58. The number of phenols is 1. The van der Waals surface area contributed by atoms with Gasteiger partial charge in [-0.25, -0.2) is 9.97 Å². The molecule has 130 valence electrons. The van der Waals surface area contributed by atoms with Crippen LogP contribution in [0.2, 0.25) is 0 Å². The van der Waals surface area contributed by atoms with Crippen LogP contribution in [0.3, 0.4) is 0 Å². The lowest BCUT2D eigenvalue weighted by Gasteiger charge is -2.13. The molecule has 0 aliphatic rings. The van der Waals surface area contributed by atoms with Crippen LogP contribution in [0.4, 0.5) is 11.6 Å². The summed E-state index contributed by atoms with van der Waals surface area (Å²) < 4.78 is 5.85. The predicted octanol–water partition coefficient (Wildman–Crippen LogP) is 3.33. The standard InChI is InChI=1S/C19H22N4O2/c1-13-11-14(7-8-17(13)24)21-19-20-12-15-16(22-19)5-4-6-18(15)25-10-9-23(2)3/h4-8,11-12,24H,9-10H2,1-3H3,(H,20,21,22). The number of fused-ring (bicyclic) bond motifs is 1. The van der Waals surface area contributed by atoms with Crippen LogP contribution >= 0.6 is 0 Å². The van der Waals surface area contributed by atoms with Gasteiger partial charge in [0.25, 0.3) is 0 Å². The Labute approximate surface area is 147 Å². The largest absolute Gasteiger partial charge is 0.508 e. The number of nitrogens with one attached hydrogen (secondary N) is 1. The molecule has 0 unspecified atom stereocenters. The van der Waals surface area contributed by atoms with E-state index < -0.39 is 0 Å². The van der Waals surface area contributed by atoms with E-state index in [-0.39, 0.29) is 5.75 Å². The van der Waals surface area contributed by atoms with Crippen molar-refractivity contribution in [3.05, 3.63) is 48.2 Å².